The molecule has 13 heavy (non-hydrogen) atoms. The van der Waals surface area contributed by atoms with E-state index in [1.54, 1.807) is 11.8 Å². The number of hydrogen-bond donors (Lipinski definition) is 1. The third-order valence-corrected chi connectivity index (χ3v) is 3.52. The van der Waals surface area contributed by atoms with Crippen molar-refractivity contribution < 1.29 is 0 Å². The molecule has 0 radical (unpaired) electrons. The van der Waals surface area contributed by atoms with E-state index in [1.165, 1.54) is 0 Å². The van der Waals surface area contributed by atoms with Gasteiger partial charge in [0.1, 0.15) is 0 Å². The van der Waals surface area contributed by atoms with Crippen LogP contribution in [0, 0.1) is 0 Å². The highest BCUT2D eigenvalue weighted by molar-refractivity contribution is 7.99. The smallest absolute Gasteiger partial charge is 0.0541 e. The molecule has 0 aliphatic rings. The second kappa shape index (κ2) is 5.53. The third kappa shape index (κ3) is 3.59. The molecule has 0 aromatic heterocycles. The number of halogens is 1. The molecule has 0 saturated heterocycles. The fourth-order valence-corrected chi connectivity index (χ4v) is 2.19. The fraction of sp³-hybridized carbons (Fsp3) is 0.400. The fourth-order valence-electron chi connectivity index (χ4n) is 0.876. The lowest BCUT2D eigenvalue weighted by Gasteiger charge is -2.08. The first-order chi connectivity index (χ1) is 6.24. The topological polar surface area (TPSA) is 26.0 Å². The van der Waals surface area contributed by atoms with Crippen LogP contribution in [0.2, 0.25) is 5.02 Å². The Balaban J connectivity index is 2.50. The van der Waals surface area contributed by atoms with Crippen molar-refractivity contribution in [3.63, 3.8) is 0 Å². The van der Waals surface area contributed by atoms with Crippen LogP contribution in [0.4, 0.5) is 0 Å². The Morgan fingerprint density at radius 2 is 2.15 bits per heavy atom. The molecule has 0 heterocycles. The molecule has 0 saturated carbocycles. The van der Waals surface area contributed by atoms with Gasteiger partial charge in [-0.25, -0.2) is 0 Å². The van der Waals surface area contributed by atoms with Crippen molar-refractivity contribution in [1.82, 2.24) is 0 Å². The normalized spacial score (nSPS) is 12.8. The van der Waals surface area contributed by atoms with Crippen LogP contribution < -0.4 is 5.73 Å². The van der Waals surface area contributed by atoms with Gasteiger partial charge in [0, 0.05) is 16.7 Å². The molecule has 72 valence electrons. The summed E-state index contributed by atoms with van der Waals surface area (Å²) in [5.74, 6) is 0.931. The summed E-state index contributed by atoms with van der Waals surface area (Å²) in [4.78, 5) is 1.12. The molecule has 1 atom stereocenters. The summed E-state index contributed by atoms with van der Waals surface area (Å²) in [6.07, 6.45) is 1.01. The first-order valence-electron chi connectivity index (χ1n) is 4.37. The number of rotatable bonds is 4. The molecule has 1 aromatic carbocycles. The first-order valence-corrected chi connectivity index (χ1v) is 5.73. The van der Waals surface area contributed by atoms with Gasteiger partial charge in [-0.2, -0.15) is 0 Å². The van der Waals surface area contributed by atoms with Crippen LogP contribution in [-0.2, 0) is 0 Å². The van der Waals surface area contributed by atoms with Crippen LogP contribution in [0.3, 0.4) is 0 Å². The Hall–Kier alpha value is -0.180. The molecule has 0 fully saturated rings. The summed E-state index contributed by atoms with van der Waals surface area (Å²) in [5, 5.41) is 0.816. The quantitative estimate of drug-likeness (QED) is 0.781. The van der Waals surface area contributed by atoms with E-state index in [1.807, 2.05) is 24.3 Å². The molecule has 0 aliphatic carbocycles. The maximum atomic E-state index is 5.99. The zero-order valence-electron chi connectivity index (χ0n) is 7.66. The molecule has 2 N–H and O–H groups in total. The average molecular weight is 216 g/mol. The molecular weight excluding hydrogens is 202 g/mol. The number of nitrogens with two attached hydrogens (primary N) is 1. The number of thioether (sulfide) groups is 1. The Bertz CT molecular complexity index is 265. The van der Waals surface area contributed by atoms with Crippen LogP contribution in [0.15, 0.2) is 29.2 Å². The van der Waals surface area contributed by atoms with Gasteiger partial charge < -0.3 is 5.73 Å². The van der Waals surface area contributed by atoms with Crippen molar-refractivity contribution in [2.24, 2.45) is 5.73 Å². The third-order valence-electron chi connectivity index (χ3n) is 1.81. The molecule has 0 spiro atoms. The lowest BCUT2D eigenvalue weighted by atomic mass is 10.3. The molecule has 3 heteroatoms. The van der Waals surface area contributed by atoms with Gasteiger partial charge in [-0.15, -0.1) is 11.8 Å². The lowest BCUT2D eigenvalue weighted by molar-refractivity contribution is 0.725. The van der Waals surface area contributed by atoms with E-state index in [0.29, 0.717) is 0 Å². The number of benzene rings is 1. The molecular formula is C10H14ClNS. The molecule has 1 aromatic rings. The summed E-state index contributed by atoms with van der Waals surface area (Å²) in [6, 6.07) is 8.12. The van der Waals surface area contributed by atoms with Crippen molar-refractivity contribution in [2.45, 2.75) is 24.3 Å². The molecule has 1 nitrogen and oxygen atoms in total. The monoisotopic (exact) mass is 215 g/mol. The summed E-state index contributed by atoms with van der Waals surface area (Å²) in [5.41, 5.74) is 5.81. The van der Waals surface area contributed by atoms with Crippen LogP contribution >= 0.6 is 23.4 Å². The van der Waals surface area contributed by atoms with E-state index in [-0.39, 0.29) is 6.04 Å². The van der Waals surface area contributed by atoms with Gasteiger partial charge in [0.15, 0.2) is 0 Å². The second-order valence-corrected chi connectivity index (χ2v) is 4.38. The van der Waals surface area contributed by atoms with Gasteiger partial charge in [0.2, 0.25) is 0 Å². The highest BCUT2D eigenvalue weighted by Gasteiger charge is 2.02. The minimum atomic E-state index is 0.265. The van der Waals surface area contributed by atoms with Crippen molar-refractivity contribution >= 4 is 23.4 Å². The Morgan fingerprint density at radius 3 is 2.77 bits per heavy atom. The summed E-state index contributed by atoms with van der Waals surface area (Å²) in [6.45, 7) is 2.10. The Labute approximate surface area is 88.7 Å². The summed E-state index contributed by atoms with van der Waals surface area (Å²) >= 11 is 7.71. The maximum absolute atomic E-state index is 5.99. The molecule has 0 aliphatic heterocycles. The Morgan fingerprint density at radius 1 is 1.46 bits per heavy atom. The molecule has 0 unspecified atom stereocenters. The zero-order chi connectivity index (χ0) is 9.68. The van der Waals surface area contributed by atoms with Gasteiger partial charge in [-0.1, -0.05) is 30.7 Å². The minimum Gasteiger partial charge on any atom is -0.327 e. The standard InChI is InChI=1S/C10H14ClNS/c1-2-8(12)7-13-10-6-4-3-5-9(10)11/h3-6,8H,2,7,12H2,1H3/t8-/m0/s1. The number of hydrogen-bond acceptors (Lipinski definition) is 2. The SMILES string of the molecule is CC[C@H](N)CSc1ccccc1Cl. The Kier molecular flexibility index (Phi) is 4.64. The van der Waals surface area contributed by atoms with Crippen LogP contribution in [0.25, 0.3) is 0 Å². The van der Waals surface area contributed by atoms with E-state index in [9.17, 15) is 0 Å². The summed E-state index contributed by atoms with van der Waals surface area (Å²) in [7, 11) is 0. The van der Waals surface area contributed by atoms with E-state index >= 15 is 0 Å². The highest BCUT2D eigenvalue weighted by Crippen LogP contribution is 2.26. The largest absolute Gasteiger partial charge is 0.327 e. The van der Waals surface area contributed by atoms with Gasteiger partial charge in [0.05, 0.1) is 5.02 Å². The van der Waals surface area contributed by atoms with E-state index < -0.39 is 0 Å². The van der Waals surface area contributed by atoms with Crippen molar-refractivity contribution in [2.75, 3.05) is 5.75 Å². The highest BCUT2D eigenvalue weighted by atomic mass is 35.5. The molecule has 0 bridgehead atoms. The maximum Gasteiger partial charge on any atom is 0.0541 e. The van der Waals surface area contributed by atoms with Gasteiger partial charge in [-0.05, 0) is 18.6 Å². The van der Waals surface area contributed by atoms with Crippen LogP contribution in [0.5, 0.6) is 0 Å². The van der Waals surface area contributed by atoms with Gasteiger partial charge in [-0.3, -0.25) is 0 Å². The van der Waals surface area contributed by atoms with Crippen molar-refractivity contribution in [3.8, 4) is 0 Å². The lowest BCUT2D eigenvalue weighted by Crippen LogP contribution is -2.21. The first kappa shape index (κ1) is 10.9. The second-order valence-electron chi connectivity index (χ2n) is 2.91. The zero-order valence-corrected chi connectivity index (χ0v) is 9.24. The van der Waals surface area contributed by atoms with Gasteiger partial charge >= 0.3 is 0 Å². The minimum absolute atomic E-state index is 0.265. The van der Waals surface area contributed by atoms with Crippen molar-refractivity contribution in [3.05, 3.63) is 29.3 Å². The predicted molar refractivity (Wildman–Crippen MR) is 60.4 cm³/mol. The van der Waals surface area contributed by atoms with E-state index in [2.05, 4.69) is 6.92 Å². The van der Waals surface area contributed by atoms with E-state index in [0.717, 1.165) is 22.1 Å². The molecule has 1 rings (SSSR count). The van der Waals surface area contributed by atoms with E-state index in [4.69, 9.17) is 17.3 Å². The van der Waals surface area contributed by atoms with Crippen LogP contribution in [-0.4, -0.2) is 11.8 Å². The van der Waals surface area contributed by atoms with Crippen LogP contribution in [0.1, 0.15) is 13.3 Å². The predicted octanol–water partition coefficient (Wildman–Crippen LogP) is 3.17. The summed E-state index contributed by atoms with van der Waals surface area (Å²) < 4.78 is 0. The molecule has 0 amide bonds. The van der Waals surface area contributed by atoms with Gasteiger partial charge in [0.25, 0.3) is 0 Å². The van der Waals surface area contributed by atoms with Crippen molar-refractivity contribution in [1.29, 1.82) is 0 Å². The average Bonchev–Trinajstić information content (AvgIpc) is 2.16.